The molecule has 0 saturated heterocycles. The van der Waals surface area contributed by atoms with E-state index in [9.17, 15) is 14.4 Å². The molecule has 0 bridgehead atoms. The highest BCUT2D eigenvalue weighted by atomic mass is 16.5. The molecule has 0 radical (unpaired) electrons. The number of aliphatic hydroxyl groups is 1. The molecule has 1 aliphatic rings. The van der Waals surface area contributed by atoms with Crippen molar-refractivity contribution in [2.24, 2.45) is 5.92 Å². The Labute approximate surface area is 224 Å². The summed E-state index contributed by atoms with van der Waals surface area (Å²) in [5.41, 5.74) is 3.61. The molecule has 0 aromatic carbocycles. The van der Waals surface area contributed by atoms with Crippen molar-refractivity contribution in [3.63, 3.8) is 0 Å². The van der Waals surface area contributed by atoms with E-state index in [4.69, 9.17) is 16.3 Å². The number of carbonyl (C=O) groups excluding carboxylic acids is 3. The lowest BCUT2D eigenvalue weighted by Gasteiger charge is -2.20. The number of ether oxygens (including phenoxy) is 1. The topological polar surface area (TPSA) is 80.7 Å². The second-order valence-corrected chi connectivity index (χ2v) is 9.73. The largest absolute Gasteiger partial charge is 0.516 e. The predicted octanol–water partition coefficient (Wildman–Crippen LogP) is 7.70. The molecular weight excluding hydrogens is 464 g/mol. The SMILES string of the molecule is C#CC(=O)/C(CCCCC)=C(\C(=O)CC1C=C(C)CCC1)C(=O)OC/C=C(\C)CCC=C(C)C.C=CO. The van der Waals surface area contributed by atoms with Gasteiger partial charge in [-0.05, 0) is 90.6 Å². The third-order valence-corrected chi connectivity index (χ3v) is 6.07. The molecule has 5 heteroatoms. The lowest BCUT2D eigenvalue weighted by atomic mass is 9.85. The fourth-order valence-electron chi connectivity index (χ4n) is 4.13. The monoisotopic (exact) mass is 510 g/mol. The Morgan fingerprint density at radius 3 is 2.43 bits per heavy atom. The second-order valence-electron chi connectivity index (χ2n) is 9.73. The summed E-state index contributed by atoms with van der Waals surface area (Å²) in [5.74, 6) is 0.493. The van der Waals surface area contributed by atoms with Crippen LogP contribution in [0.5, 0.6) is 0 Å². The summed E-state index contributed by atoms with van der Waals surface area (Å²) < 4.78 is 5.47. The zero-order chi connectivity index (χ0) is 28.2. The third-order valence-electron chi connectivity index (χ3n) is 6.07. The van der Waals surface area contributed by atoms with E-state index in [1.54, 1.807) is 0 Å². The first-order valence-corrected chi connectivity index (χ1v) is 13.3. The molecule has 0 fully saturated rings. The van der Waals surface area contributed by atoms with E-state index >= 15 is 0 Å². The maximum atomic E-state index is 13.3. The van der Waals surface area contributed by atoms with Crippen LogP contribution in [0.2, 0.25) is 0 Å². The van der Waals surface area contributed by atoms with E-state index in [1.165, 1.54) is 11.1 Å². The zero-order valence-corrected chi connectivity index (χ0v) is 23.5. The molecule has 1 rings (SSSR count). The van der Waals surface area contributed by atoms with Gasteiger partial charge in [-0.1, -0.05) is 55.2 Å². The molecule has 0 spiro atoms. The summed E-state index contributed by atoms with van der Waals surface area (Å²) in [6.07, 6.45) is 20.1. The molecule has 5 nitrogen and oxygen atoms in total. The molecule has 0 amide bonds. The number of rotatable bonds is 14. The van der Waals surface area contributed by atoms with Crippen molar-refractivity contribution in [1.82, 2.24) is 0 Å². The Morgan fingerprint density at radius 2 is 1.86 bits per heavy atom. The number of aliphatic hydroxyl groups excluding tert-OH is 1. The number of unbranched alkanes of at least 4 members (excludes halogenated alkanes) is 2. The van der Waals surface area contributed by atoms with E-state index in [1.807, 2.05) is 13.0 Å². The van der Waals surface area contributed by atoms with Crippen LogP contribution < -0.4 is 0 Å². The van der Waals surface area contributed by atoms with E-state index in [-0.39, 0.29) is 35.9 Å². The van der Waals surface area contributed by atoms with E-state index in [0.29, 0.717) is 12.8 Å². The standard InChI is InChI=1S/C30H42O4.C2H4O/c1-7-9-10-17-26(27(31)8-2)29(28(32)21-25-16-12-15-24(6)20-25)30(33)34-19-18-23(5)14-11-13-22(3)4;1-2-3/h2,13,18,20,25H,7,9-12,14-17,19,21H2,1,3-6H3;2-3H,1H2/b23-18+,29-26+;. The van der Waals surface area contributed by atoms with Gasteiger partial charge in [-0.15, -0.1) is 6.42 Å². The van der Waals surface area contributed by atoms with Crippen LogP contribution in [0.25, 0.3) is 0 Å². The molecule has 0 aliphatic heterocycles. The van der Waals surface area contributed by atoms with Gasteiger partial charge in [0.25, 0.3) is 0 Å². The van der Waals surface area contributed by atoms with Crippen LogP contribution in [-0.2, 0) is 19.1 Å². The molecule has 204 valence electrons. The van der Waals surface area contributed by atoms with Crippen molar-refractivity contribution in [3.8, 4) is 12.3 Å². The summed E-state index contributed by atoms with van der Waals surface area (Å²) in [4.78, 5) is 39.0. The van der Waals surface area contributed by atoms with Crippen molar-refractivity contribution in [2.45, 2.75) is 98.8 Å². The van der Waals surface area contributed by atoms with Crippen LogP contribution in [0.1, 0.15) is 98.8 Å². The number of Topliss-reactive ketones (excluding diaryl/α,β-unsaturated/α-hetero) is 2. The van der Waals surface area contributed by atoms with Gasteiger partial charge < -0.3 is 9.84 Å². The highest BCUT2D eigenvalue weighted by Crippen LogP contribution is 2.28. The van der Waals surface area contributed by atoms with Crippen molar-refractivity contribution in [1.29, 1.82) is 0 Å². The van der Waals surface area contributed by atoms with Gasteiger partial charge in [0.15, 0.2) is 5.78 Å². The number of hydrogen-bond acceptors (Lipinski definition) is 5. The maximum Gasteiger partial charge on any atom is 0.342 e. The first kappa shape index (κ1) is 33.9. The van der Waals surface area contributed by atoms with Crippen LogP contribution in [0.3, 0.4) is 0 Å². The van der Waals surface area contributed by atoms with Gasteiger partial charge >= 0.3 is 5.97 Å². The Hall–Kier alpha value is -3.13. The highest BCUT2D eigenvalue weighted by Gasteiger charge is 2.29. The number of terminal acetylenes is 1. The average molecular weight is 511 g/mol. The Kier molecular flexibility index (Phi) is 18.3. The lowest BCUT2D eigenvalue weighted by molar-refractivity contribution is -0.139. The quantitative estimate of drug-likeness (QED) is 0.0298. The molecular formula is C32H46O5. The average Bonchev–Trinajstić information content (AvgIpc) is 2.83. The fourth-order valence-corrected chi connectivity index (χ4v) is 4.13. The minimum atomic E-state index is -0.745. The lowest BCUT2D eigenvalue weighted by Crippen LogP contribution is -2.23. The molecule has 1 aliphatic carbocycles. The molecule has 1 unspecified atom stereocenters. The van der Waals surface area contributed by atoms with Gasteiger partial charge in [0.05, 0.1) is 6.26 Å². The smallest absolute Gasteiger partial charge is 0.342 e. The minimum Gasteiger partial charge on any atom is -0.516 e. The summed E-state index contributed by atoms with van der Waals surface area (Å²) in [7, 11) is 0. The van der Waals surface area contributed by atoms with Crippen LogP contribution >= 0.6 is 0 Å². The van der Waals surface area contributed by atoms with Crippen LogP contribution in [0.15, 0.2) is 58.9 Å². The molecule has 0 saturated carbocycles. The molecule has 1 N–H and O–H groups in total. The number of allylic oxidation sites excluding steroid dienone is 6. The molecule has 0 aromatic rings. The van der Waals surface area contributed by atoms with Gasteiger partial charge in [-0.25, -0.2) is 4.79 Å². The zero-order valence-electron chi connectivity index (χ0n) is 23.5. The van der Waals surface area contributed by atoms with Gasteiger partial charge in [0.1, 0.15) is 12.2 Å². The highest BCUT2D eigenvalue weighted by molar-refractivity contribution is 6.24. The molecule has 37 heavy (non-hydrogen) atoms. The fraction of sp³-hybridized carbons (Fsp3) is 0.531. The van der Waals surface area contributed by atoms with Crippen molar-refractivity contribution in [3.05, 3.63) is 58.9 Å². The van der Waals surface area contributed by atoms with E-state index in [0.717, 1.165) is 56.8 Å². The van der Waals surface area contributed by atoms with Crippen LogP contribution in [0, 0.1) is 18.3 Å². The third kappa shape index (κ3) is 14.9. The number of ketones is 2. The first-order chi connectivity index (χ1) is 17.6. The van der Waals surface area contributed by atoms with Crippen molar-refractivity contribution >= 4 is 17.5 Å². The minimum absolute atomic E-state index is 0.0607. The second kappa shape index (κ2) is 20.0. The van der Waals surface area contributed by atoms with E-state index in [2.05, 4.69) is 52.3 Å². The van der Waals surface area contributed by atoms with Crippen LogP contribution in [0.4, 0.5) is 0 Å². The molecule has 0 aromatic heterocycles. The van der Waals surface area contributed by atoms with Gasteiger partial charge in [0, 0.05) is 12.0 Å². The van der Waals surface area contributed by atoms with Crippen molar-refractivity contribution < 1.29 is 24.2 Å². The normalized spacial score (nSPS) is 15.6. The number of hydrogen-bond donors (Lipinski definition) is 1. The van der Waals surface area contributed by atoms with Gasteiger partial charge in [-0.3, -0.25) is 9.59 Å². The summed E-state index contributed by atoms with van der Waals surface area (Å²) >= 11 is 0. The van der Waals surface area contributed by atoms with Gasteiger partial charge in [-0.2, -0.15) is 0 Å². The number of carbonyl (C=O) groups is 3. The van der Waals surface area contributed by atoms with E-state index < -0.39 is 11.8 Å². The Balaban J connectivity index is 0.00000410. The molecule has 0 heterocycles. The maximum absolute atomic E-state index is 13.3. The number of esters is 1. The Morgan fingerprint density at radius 1 is 1.19 bits per heavy atom. The summed E-state index contributed by atoms with van der Waals surface area (Å²) in [6.45, 7) is 13.2. The first-order valence-electron chi connectivity index (χ1n) is 13.3. The molecule has 1 atom stereocenters. The summed E-state index contributed by atoms with van der Waals surface area (Å²) in [5, 5.41) is 7.33. The predicted molar refractivity (Wildman–Crippen MR) is 152 cm³/mol. The Bertz CT molecular complexity index is 933. The summed E-state index contributed by atoms with van der Waals surface area (Å²) in [6, 6.07) is 0. The van der Waals surface area contributed by atoms with Gasteiger partial charge in [0.2, 0.25) is 5.78 Å². The van der Waals surface area contributed by atoms with Crippen LogP contribution in [-0.4, -0.2) is 29.2 Å². The van der Waals surface area contributed by atoms with Crippen molar-refractivity contribution in [2.75, 3.05) is 6.61 Å².